The molecule has 0 aliphatic carbocycles. The standard InChI is InChI=1S/C22H25N3O2/c1-15-11-17-12-19(26-3)18(13-20(17)27-15)14-24-21(16-7-5-4-6-8-16)22-23-9-10-25(22)2/h4-10,12-13,15,21,24H,11,14H2,1-3H3/t15-,21-/m1/s1. The predicted molar refractivity (Wildman–Crippen MR) is 105 cm³/mol. The van der Waals surface area contributed by atoms with Crippen molar-refractivity contribution in [3.8, 4) is 11.5 Å². The van der Waals surface area contributed by atoms with Crippen LogP contribution in [0.5, 0.6) is 11.5 Å². The average molecular weight is 363 g/mol. The molecule has 1 aliphatic rings. The van der Waals surface area contributed by atoms with E-state index < -0.39 is 0 Å². The van der Waals surface area contributed by atoms with E-state index in [9.17, 15) is 0 Å². The number of hydrogen-bond donors (Lipinski definition) is 1. The highest BCUT2D eigenvalue weighted by atomic mass is 16.5. The Hall–Kier alpha value is -2.79. The summed E-state index contributed by atoms with van der Waals surface area (Å²) in [6.07, 6.45) is 4.95. The van der Waals surface area contributed by atoms with Crippen LogP contribution < -0.4 is 14.8 Å². The summed E-state index contributed by atoms with van der Waals surface area (Å²) >= 11 is 0. The Bertz CT molecular complexity index is 921. The largest absolute Gasteiger partial charge is 0.496 e. The van der Waals surface area contributed by atoms with E-state index in [0.717, 1.165) is 29.3 Å². The minimum atomic E-state index is -0.0102. The zero-order chi connectivity index (χ0) is 18.8. The molecule has 0 saturated heterocycles. The molecule has 5 heteroatoms. The second-order valence-corrected chi connectivity index (χ2v) is 7.03. The molecule has 2 aromatic carbocycles. The van der Waals surface area contributed by atoms with Gasteiger partial charge in [0.25, 0.3) is 0 Å². The average Bonchev–Trinajstić information content (AvgIpc) is 3.26. The summed E-state index contributed by atoms with van der Waals surface area (Å²) in [6.45, 7) is 2.75. The molecule has 1 aliphatic heterocycles. The lowest BCUT2D eigenvalue weighted by Gasteiger charge is -2.20. The first-order valence-corrected chi connectivity index (χ1v) is 9.27. The Kier molecular flexibility index (Phi) is 4.86. The molecule has 1 aromatic heterocycles. The van der Waals surface area contributed by atoms with E-state index in [-0.39, 0.29) is 12.1 Å². The van der Waals surface area contributed by atoms with Crippen LogP contribution in [-0.4, -0.2) is 22.8 Å². The molecule has 0 saturated carbocycles. The molecule has 2 atom stereocenters. The number of hydrogen-bond acceptors (Lipinski definition) is 4. The first kappa shape index (κ1) is 17.6. The first-order valence-electron chi connectivity index (χ1n) is 9.27. The fourth-order valence-electron chi connectivity index (χ4n) is 3.68. The third-order valence-corrected chi connectivity index (χ3v) is 5.05. The highest BCUT2D eigenvalue weighted by Crippen LogP contribution is 2.35. The van der Waals surface area contributed by atoms with Gasteiger partial charge >= 0.3 is 0 Å². The van der Waals surface area contributed by atoms with Crippen molar-refractivity contribution in [2.75, 3.05) is 7.11 Å². The number of aryl methyl sites for hydroxylation is 1. The fraction of sp³-hybridized carbons (Fsp3) is 0.318. The minimum Gasteiger partial charge on any atom is -0.496 e. The summed E-state index contributed by atoms with van der Waals surface area (Å²) in [5.74, 6) is 2.84. The molecule has 4 rings (SSSR count). The van der Waals surface area contributed by atoms with Crippen molar-refractivity contribution in [3.63, 3.8) is 0 Å². The van der Waals surface area contributed by atoms with Crippen LogP contribution in [0, 0.1) is 0 Å². The van der Waals surface area contributed by atoms with E-state index in [4.69, 9.17) is 9.47 Å². The highest BCUT2D eigenvalue weighted by molar-refractivity contribution is 5.48. The summed E-state index contributed by atoms with van der Waals surface area (Å²) in [7, 11) is 3.74. The van der Waals surface area contributed by atoms with Gasteiger partial charge < -0.3 is 14.0 Å². The normalized spacial score (nSPS) is 16.6. The topological polar surface area (TPSA) is 48.3 Å². The van der Waals surface area contributed by atoms with Gasteiger partial charge in [-0.1, -0.05) is 30.3 Å². The Balaban J connectivity index is 1.62. The predicted octanol–water partition coefficient (Wildman–Crippen LogP) is 3.63. The number of imidazole rings is 1. The summed E-state index contributed by atoms with van der Waals surface area (Å²) in [6, 6.07) is 14.6. The van der Waals surface area contributed by atoms with E-state index >= 15 is 0 Å². The molecule has 1 N–H and O–H groups in total. The summed E-state index contributed by atoms with van der Waals surface area (Å²) in [5.41, 5.74) is 3.48. The summed E-state index contributed by atoms with van der Waals surface area (Å²) < 4.78 is 13.6. The zero-order valence-electron chi connectivity index (χ0n) is 16.0. The molecule has 0 unspecified atom stereocenters. The maximum Gasteiger partial charge on any atom is 0.130 e. The SMILES string of the molecule is COc1cc2c(cc1CN[C@H](c1ccccc1)c1nccn1C)O[C@H](C)C2. The van der Waals surface area contributed by atoms with Crippen molar-refractivity contribution in [2.45, 2.75) is 32.0 Å². The summed E-state index contributed by atoms with van der Waals surface area (Å²) in [5, 5.41) is 3.65. The van der Waals surface area contributed by atoms with Crippen molar-refractivity contribution in [1.29, 1.82) is 0 Å². The van der Waals surface area contributed by atoms with Gasteiger partial charge in [-0.25, -0.2) is 4.98 Å². The van der Waals surface area contributed by atoms with Crippen molar-refractivity contribution in [1.82, 2.24) is 14.9 Å². The lowest BCUT2D eigenvalue weighted by molar-refractivity contribution is 0.254. The van der Waals surface area contributed by atoms with Gasteiger partial charge in [-0.05, 0) is 24.6 Å². The van der Waals surface area contributed by atoms with Crippen molar-refractivity contribution in [2.24, 2.45) is 7.05 Å². The van der Waals surface area contributed by atoms with Gasteiger partial charge in [0.1, 0.15) is 23.4 Å². The van der Waals surface area contributed by atoms with Crippen LogP contribution in [0.4, 0.5) is 0 Å². The molecule has 3 aromatic rings. The van der Waals surface area contributed by atoms with Gasteiger partial charge in [-0.15, -0.1) is 0 Å². The smallest absolute Gasteiger partial charge is 0.130 e. The Morgan fingerprint density at radius 1 is 1.30 bits per heavy atom. The molecule has 0 spiro atoms. The number of aromatic nitrogens is 2. The highest BCUT2D eigenvalue weighted by Gasteiger charge is 2.23. The lowest BCUT2D eigenvalue weighted by Crippen LogP contribution is -2.25. The van der Waals surface area contributed by atoms with Gasteiger partial charge in [0, 0.05) is 43.5 Å². The number of rotatable bonds is 6. The van der Waals surface area contributed by atoms with E-state index in [2.05, 4.69) is 58.2 Å². The van der Waals surface area contributed by atoms with Gasteiger partial charge in [0.05, 0.1) is 13.2 Å². The maximum atomic E-state index is 5.93. The second kappa shape index (κ2) is 7.45. The van der Waals surface area contributed by atoms with Crippen LogP contribution in [0.3, 0.4) is 0 Å². The van der Waals surface area contributed by atoms with Crippen molar-refractivity contribution >= 4 is 0 Å². The molecule has 27 heavy (non-hydrogen) atoms. The molecule has 0 radical (unpaired) electrons. The number of nitrogens with one attached hydrogen (secondary N) is 1. The molecule has 0 bridgehead atoms. The molecular formula is C22H25N3O2. The van der Waals surface area contributed by atoms with Gasteiger partial charge in [-0.2, -0.15) is 0 Å². The quantitative estimate of drug-likeness (QED) is 0.727. The number of nitrogens with zero attached hydrogens (tertiary/aromatic N) is 2. The van der Waals surface area contributed by atoms with Crippen LogP contribution in [0.25, 0.3) is 0 Å². The molecular weight excluding hydrogens is 338 g/mol. The van der Waals surface area contributed by atoms with Crippen LogP contribution in [0.2, 0.25) is 0 Å². The Morgan fingerprint density at radius 3 is 2.81 bits per heavy atom. The van der Waals surface area contributed by atoms with E-state index in [0.29, 0.717) is 6.54 Å². The molecule has 0 amide bonds. The van der Waals surface area contributed by atoms with E-state index in [1.807, 2.05) is 25.5 Å². The monoisotopic (exact) mass is 363 g/mol. The number of methoxy groups -OCH3 is 1. The van der Waals surface area contributed by atoms with Crippen LogP contribution in [-0.2, 0) is 20.0 Å². The Morgan fingerprint density at radius 2 is 2.11 bits per heavy atom. The van der Waals surface area contributed by atoms with E-state index in [1.165, 1.54) is 11.1 Å². The second-order valence-electron chi connectivity index (χ2n) is 7.03. The van der Waals surface area contributed by atoms with Crippen molar-refractivity contribution < 1.29 is 9.47 Å². The molecule has 2 heterocycles. The molecule has 5 nitrogen and oxygen atoms in total. The van der Waals surface area contributed by atoms with Crippen LogP contribution in [0.15, 0.2) is 54.9 Å². The first-order chi connectivity index (χ1) is 13.2. The number of ether oxygens (including phenoxy) is 2. The van der Waals surface area contributed by atoms with Gasteiger partial charge in [0.15, 0.2) is 0 Å². The maximum absolute atomic E-state index is 5.93. The zero-order valence-corrected chi connectivity index (χ0v) is 16.0. The third-order valence-electron chi connectivity index (χ3n) is 5.05. The lowest BCUT2D eigenvalue weighted by atomic mass is 10.0. The van der Waals surface area contributed by atoms with Gasteiger partial charge in [0.2, 0.25) is 0 Å². The molecule has 0 fully saturated rings. The Labute approximate surface area is 160 Å². The molecule has 140 valence electrons. The van der Waals surface area contributed by atoms with E-state index in [1.54, 1.807) is 7.11 Å². The summed E-state index contributed by atoms with van der Waals surface area (Å²) in [4.78, 5) is 4.56. The van der Waals surface area contributed by atoms with Crippen LogP contribution in [0.1, 0.15) is 35.5 Å². The van der Waals surface area contributed by atoms with Crippen molar-refractivity contribution in [3.05, 3.63) is 77.4 Å². The number of fused-ring (bicyclic) bond motifs is 1. The third kappa shape index (κ3) is 3.55. The fourth-order valence-corrected chi connectivity index (χ4v) is 3.68. The van der Waals surface area contributed by atoms with Gasteiger partial charge in [-0.3, -0.25) is 5.32 Å². The minimum absolute atomic E-state index is 0.0102. The number of benzene rings is 2. The van der Waals surface area contributed by atoms with Crippen LogP contribution >= 0.6 is 0 Å².